The summed E-state index contributed by atoms with van der Waals surface area (Å²) in [7, 11) is 1.62. The number of aromatic nitrogens is 1. The lowest BCUT2D eigenvalue weighted by atomic mass is 9.95. The van der Waals surface area contributed by atoms with Crippen LogP contribution in [0.4, 0.5) is 0 Å². The summed E-state index contributed by atoms with van der Waals surface area (Å²) in [6.07, 6.45) is 3.07. The van der Waals surface area contributed by atoms with Gasteiger partial charge in [-0.05, 0) is 48.7 Å². The molecule has 0 spiro atoms. The van der Waals surface area contributed by atoms with Crippen molar-refractivity contribution in [2.24, 2.45) is 0 Å². The van der Waals surface area contributed by atoms with Crippen LogP contribution in [-0.4, -0.2) is 23.2 Å². The standard InChI is InChI=1S/C15H15NO3/c1-9-7-14(19-3)10(2)6-12(9)13-8-16-5-4-11(13)15(17)18/h4-8H,1-3H3,(H,17,18). The van der Waals surface area contributed by atoms with Gasteiger partial charge in [0.1, 0.15) is 5.75 Å². The molecular formula is C15H15NO3. The second-order valence-corrected chi connectivity index (χ2v) is 4.36. The Morgan fingerprint density at radius 2 is 1.95 bits per heavy atom. The van der Waals surface area contributed by atoms with Crippen molar-refractivity contribution < 1.29 is 14.6 Å². The quantitative estimate of drug-likeness (QED) is 0.918. The first-order valence-corrected chi connectivity index (χ1v) is 5.87. The number of benzene rings is 1. The Hall–Kier alpha value is -2.36. The van der Waals surface area contributed by atoms with Crippen LogP contribution in [0.1, 0.15) is 21.5 Å². The molecule has 0 aliphatic carbocycles. The molecule has 1 heterocycles. The van der Waals surface area contributed by atoms with E-state index in [0.717, 1.165) is 22.4 Å². The van der Waals surface area contributed by atoms with Crippen LogP contribution >= 0.6 is 0 Å². The van der Waals surface area contributed by atoms with Gasteiger partial charge in [0.05, 0.1) is 12.7 Å². The van der Waals surface area contributed by atoms with Gasteiger partial charge in [0.15, 0.2) is 0 Å². The Morgan fingerprint density at radius 3 is 2.58 bits per heavy atom. The van der Waals surface area contributed by atoms with E-state index in [0.29, 0.717) is 5.56 Å². The third-order valence-electron chi connectivity index (χ3n) is 3.08. The number of ether oxygens (including phenoxy) is 1. The molecule has 1 N–H and O–H groups in total. The summed E-state index contributed by atoms with van der Waals surface area (Å²) in [5.41, 5.74) is 3.66. The first-order chi connectivity index (χ1) is 9.04. The molecule has 4 heteroatoms. The predicted molar refractivity (Wildman–Crippen MR) is 72.7 cm³/mol. The van der Waals surface area contributed by atoms with Crippen LogP contribution in [0.2, 0.25) is 0 Å². The van der Waals surface area contributed by atoms with Crippen molar-refractivity contribution >= 4 is 5.97 Å². The maximum absolute atomic E-state index is 11.3. The lowest BCUT2D eigenvalue weighted by Crippen LogP contribution is -2.01. The van der Waals surface area contributed by atoms with Crippen LogP contribution in [0.5, 0.6) is 5.75 Å². The summed E-state index contributed by atoms with van der Waals surface area (Å²) >= 11 is 0. The zero-order valence-electron chi connectivity index (χ0n) is 11.1. The molecule has 19 heavy (non-hydrogen) atoms. The van der Waals surface area contributed by atoms with Gasteiger partial charge in [-0.1, -0.05) is 0 Å². The SMILES string of the molecule is COc1cc(C)c(-c2cnccc2C(=O)O)cc1C. The second kappa shape index (κ2) is 5.10. The number of pyridine rings is 1. The molecule has 98 valence electrons. The van der Waals surface area contributed by atoms with E-state index in [1.807, 2.05) is 26.0 Å². The van der Waals surface area contributed by atoms with E-state index in [-0.39, 0.29) is 5.56 Å². The Labute approximate surface area is 111 Å². The molecule has 0 radical (unpaired) electrons. The van der Waals surface area contributed by atoms with Crippen molar-refractivity contribution in [3.63, 3.8) is 0 Å². The van der Waals surface area contributed by atoms with Crippen LogP contribution in [0.3, 0.4) is 0 Å². The van der Waals surface area contributed by atoms with Gasteiger partial charge >= 0.3 is 5.97 Å². The number of methoxy groups -OCH3 is 1. The van der Waals surface area contributed by atoms with Crippen molar-refractivity contribution in [2.45, 2.75) is 13.8 Å². The zero-order chi connectivity index (χ0) is 14.0. The van der Waals surface area contributed by atoms with Crippen LogP contribution < -0.4 is 4.74 Å². The zero-order valence-corrected chi connectivity index (χ0v) is 11.1. The van der Waals surface area contributed by atoms with Crippen molar-refractivity contribution in [2.75, 3.05) is 7.11 Å². The lowest BCUT2D eigenvalue weighted by molar-refractivity contribution is 0.0697. The molecule has 0 unspecified atom stereocenters. The smallest absolute Gasteiger partial charge is 0.336 e. The number of hydrogen-bond acceptors (Lipinski definition) is 3. The average molecular weight is 257 g/mol. The lowest BCUT2D eigenvalue weighted by Gasteiger charge is -2.12. The highest BCUT2D eigenvalue weighted by Crippen LogP contribution is 2.31. The minimum Gasteiger partial charge on any atom is -0.496 e. The molecule has 0 amide bonds. The third kappa shape index (κ3) is 2.42. The molecule has 4 nitrogen and oxygen atoms in total. The fourth-order valence-electron chi connectivity index (χ4n) is 2.10. The number of rotatable bonds is 3. The Bertz CT molecular complexity index is 635. The molecule has 1 aromatic heterocycles. The van der Waals surface area contributed by atoms with Gasteiger partial charge in [-0.25, -0.2) is 4.79 Å². The topological polar surface area (TPSA) is 59.4 Å². The van der Waals surface area contributed by atoms with E-state index in [9.17, 15) is 9.90 Å². The van der Waals surface area contributed by atoms with Gasteiger partial charge < -0.3 is 9.84 Å². The summed E-state index contributed by atoms with van der Waals surface area (Å²) < 4.78 is 5.26. The number of aryl methyl sites for hydroxylation is 2. The van der Waals surface area contributed by atoms with Crippen LogP contribution in [-0.2, 0) is 0 Å². The van der Waals surface area contributed by atoms with Gasteiger partial charge in [-0.2, -0.15) is 0 Å². The highest BCUT2D eigenvalue weighted by atomic mass is 16.5. The van der Waals surface area contributed by atoms with Gasteiger partial charge in [0, 0.05) is 18.0 Å². The minimum absolute atomic E-state index is 0.252. The molecule has 0 aliphatic rings. The molecular weight excluding hydrogens is 242 g/mol. The largest absolute Gasteiger partial charge is 0.496 e. The number of carboxylic acid groups (broad SMARTS) is 1. The molecule has 0 aliphatic heterocycles. The van der Waals surface area contributed by atoms with E-state index in [2.05, 4.69) is 4.98 Å². The van der Waals surface area contributed by atoms with Crippen LogP contribution in [0.25, 0.3) is 11.1 Å². The molecule has 1 aromatic carbocycles. The summed E-state index contributed by atoms with van der Waals surface area (Å²) in [5, 5.41) is 9.24. The maximum atomic E-state index is 11.3. The number of aromatic carboxylic acids is 1. The molecule has 2 rings (SSSR count). The highest BCUT2D eigenvalue weighted by Gasteiger charge is 2.14. The summed E-state index contributed by atoms with van der Waals surface area (Å²) in [5.74, 6) is -0.160. The van der Waals surface area contributed by atoms with Crippen molar-refractivity contribution in [3.8, 4) is 16.9 Å². The third-order valence-corrected chi connectivity index (χ3v) is 3.08. The van der Waals surface area contributed by atoms with E-state index < -0.39 is 5.97 Å². The fraction of sp³-hybridized carbons (Fsp3) is 0.200. The van der Waals surface area contributed by atoms with Crippen LogP contribution in [0.15, 0.2) is 30.6 Å². The number of nitrogens with zero attached hydrogens (tertiary/aromatic N) is 1. The van der Waals surface area contributed by atoms with Gasteiger partial charge in [0.2, 0.25) is 0 Å². The predicted octanol–water partition coefficient (Wildman–Crippen LogP) is 3.07. The van der Waals surface area contributed by atoms with Crippen molar-refractivity contribution in [1.29, 1.82) is 0 Å². The molecule has 0 saturated carbocycles. The Balaban J connectivity index is 2.66. The normalized spacial score (nSPS) is 10.3. The molecule has 2 aromatic rings. The Morgan fingerprint density at radius 1 is 1.21 bits per heavy atom. The molecule has 0 bridgehead atoms. The van der Waals surface area contributed by atoms with E-state index in [4.69, 9.17) is 4.74 Å². The summed E-state index contributed by atoms with van der Waals surface area (Å²) in [4.78, 5) is 15.3. The molecule has 0 atom stereocenters. The second-order valence-electron chi connectivity index (χ2n) is 4.36. The summed E-state index contributed by atoms with van der Waals surface area (Å²) in [6.45, 7) is 3.86. The molecule has 0 fully saturated rings. The van der Waals surface area contributed by atoms with E-state index in [1.165, 1.54) is 12.3 Å². The fourth-order valence-corrected chi connectivity index (χ4v) is 2.10. The van der Waals surface area contributed by atoms with E-state index >= 15 is 0 Å². The Kier molecular flexibility index (Phi) is 3.51. The first-order valence-electron chi connectivity index (χ1n) is 5.87. The van der Waals surface area contributed by atoms with Gasteiger partial charge in [-0.15, -0.1) is 0 Å². The first kappa shape index (κ1) is 13.1. The number of carbonyl (C=O) groups is 1. The minimum atomic E-state index is -0.953. The monoisotopic (exact) mass is 257 g/mol. The number of carboxylic acids is 1. The van der Waals surface area contributed by atoms with Crippen molar-refractivity contribution in [3.05, 3.63) is 47.3 Å². The van der Waals surface area contributed by atoms with Gasteiger partial charge in [-0.3, -0.25) is 4.98 Å². The van der Waals surface area contributed by atoms with Crippen molar-refractivity contribution in [1.82, 2.24) is 4.98 Å². The highest BCUT2D eigenvalue weighted by molar-refractivity contribution is 5.96. The average Bonchev–Trinajstić information content (AvgIpc) is 2.40. The molecule has 0 saturated heterocycles. The maximum Gasteiger partial charge on any atom is 0.336 e. The van der Waals surface area contributed by atoms with E-state index in [1.54, 1.807) is 13.3 Å². The van der Waals surface area contributed by atoms with Crippen LogP contribution in [0, 0.1) is 13.8 Å². The number of hydrogen-bond donors (Lipinski definition) is 1. The van der Waals surface area contributed by atoms with Gasteiger partial charge in [0.25, 0.3) is 0 Å². The summed E-state index contributed by atoms with van der Waals surface area (Å²) in [6, 6.07) is 5.34.